The van der Waals surface area contributed by atoms with E-state index in [1.54, 1.807) is 19.2 Å². The van der Waals surface area contributed by atoms with Gasteiger partial charge in [0.05, 0.1) is 12.0 Å². The summed E-state index contributed by atoms with van der Waals surface area (Å²) < 4.78 is 11.3. The summed E-state index contributed by atoms with van der Waals surface area (Å²) in [5.41, 5.74) is 2.74. The summed E-state index contributed by atoms with van der Waals surface area (Å²) in [6.45, 7) is 0.884. The predicted octanol–water partition coefficient (Wildman–Crippen LogP) is 5.45. The second-order valence-electron chi connectivity index (χ2n) is 6.02. The van der Waals surface area contributed by atoms with Crippen LogP contribution in [0, 0.1) is 10.1 Å². The van der Waals surface area contributed by atoms with Crippen molar-refractivity contribution < 1.29 is 14.4 Å². The molecule has 0 atom stereocenters. The number of anilines is 1. The van der Waals surface area contributed by atoms with Crippen LogP contribution in [0.25, 0.3) is 0 Å². The van der Waals surface area contributed by atoms with Gasteiger partial charge >= 0.3 is 0 Å². The molecule has 0 saturated carbocycles. The number of halogens is 1. The minimum absolute atomic E-state index is 0.0623. The van der Waals surface area contributed by atoms with Gasteiger partial charge in [-0.25, -0.2) is 0 Å². The van der Waals surface area contributed by atoms with E-state index in [1.807, 2.05) is 42.5 Å². The molecule has 1 N–H and O–H groups in total. The molecule has 7 heteroatoms. The molecular formula is C21H19ClN2O4. The molecule has 0 fully saturated rings. The van der Waals surface area contributed by atoms with Crippen molar-refractivity contribution in [2.45, 2.75) is 13.2 Å². The summed E-state index contributed by atoms with van der Waals surface area (Å²) in [5, 5.41) is 14.6. The number of rotatable bonds is 8. The Kier molecular flexibility index (Phi) is 6.34. The molecule has 0 amide bonds. The van der Waals surface area contributed by atoms with Crippen LogP contribution in [0.3, 0.4) is 0 Å². The van der Waals surface area contributed by atoms with E-state index in [0.717, 1.165) is 16.8 Å². The molecular weight excluding hydrogens is 380 g/mol. The number of nitrogens with zero attached hydrogens (tertiary/aromatic N) is 1. The first-order valence-electron chi connectivity index (χ1n) is 8.58. The van der Waals surface area contributed by atoms with Crippen molar-refractivity contribution in [3.8, 4) is 11.5 Å². The van der Waals surface area contributed by atoms with E-state index in [0.29, 0.717) is 29.7 Å². The van der Waals surface area contributed by atoms with Crippen LogP contribution in [-0.2, 0) is 13.2 Å². The maximum atomic E-state index is 10.7. The van der Waals surface area contributed by atoms with E-state index in [9.17, 15) is 10.1 Å². The summed E-state index contributed by atoms with van der Waals surface area (Å²) >= 11 is 6.16. The molecule has 3 aromatic rings. The maximum Gasteiger partial charge on any atom is 0.269 e. The number of nitro benzene ring substituents is 1. The van der Waals surface area contributed by atoms with Crippen molar-refractivity contribution in [1.29, 1.82) is 0 Å². The van der Waals surface area contributed by atoms with Crippen molar-refractivity contribution in [2.75, 3.05) is 12.4 Å². The Hall–Kier alpha value is -3.25. The first-order valence-corrected chi connectivity index (χ1v) is 8.96. The average molecular weight is 399 g/mol. The Bertz CT molecular complexity index is 961. The fraction of sp³-hybridized carbons (Fsp3) is 0.143. The van der Waals surface area contributed by atoms with Crippen molar-refractivity contribution in [2.24, 2.45) is 0 Å². The van der Waals surface area contributed by atoms with E-state index in [2.05, 4.69) is 5.32 Å². The van der Waals surface area contributed by atoms with Crippen LogP contribution < -0.4 is 14.8 Å². The molecule has 0 aliphatic carbocycles. The first kappa shape index (κ1) is 19.5. The second kappa shape index (κ2) is 9.10. The molecule has 0 spiro atoms. The largest absolute Gasteiger partial charge is 0.493 e. The predicted molar refractivity (Wildman–Crippen MR) is 109 cm³/mol. The molecule has 0 aliphatic heterocycles. The van der Waals surface area contributed by atoms with Gasteiger partial charge in [0.1, 0.15) is 6.61 Å². The van der Waals surface area contributed by atoms with Crippen molar-refractivity contribution in [3.63, 3.8) is 0 Å². The number of methoxy groups -OCH3 is 1. The minimum Gasteiger partial charge on any atom is -0.493 e. The lowest BCUT2D eigenvalue weighted by atomic mass is 10.2. The number of nitrogens with one attached hydrogen (secondary N) is 1. The lowest BCUT2D eigenvalue weighted by Gasteiger charge is -2.13. The minimum atomic E-state index is -0.421. The second-order valence-corrected chi connectivity index (χ2v) is 6.43. The summed E-state index contributed by atoms with van der Waals surface area (Å²) in [5.74, 6) is 1.25. The van der Waals surface area contributed by atoms with Crippen molar-refractivity contribution in [3.05, 3.63) is 93.0 Å². The molecule has 3 rings (SSSR count). The first-order chi connectivity index (χ1) is 13.6. The fourth-order valence-electron chi connectivity index (χ4n) is 2.62. The van der Waals surface area contributed by atoms with Crippen LogP contribution in [0.1, 0.15) is 11.1 Å². The zero-order valence-corrected chi connectivity index (χ0v) is 16.0. The van der Waals surface area contributed by atoms with Gasteiger partial charge in [-0.05, 0) is 35.9 Å². The van der Waals surface area contributed by atoms with Gasteiger partial charge in [0.2, 0.25) is 0 Å². The monoisotopic (exact) mass is 398 g/mol. The number of benzene rings is 3. The van der Waals surface area contributed by atoms with Gasteiger partial charge in [-0.1, -0.05) is 35.9 Å². The Balaban J connectivity index is 1.63. The quantitative estimate of drug-likeness (QED) is 0.403. The third kappa shape index (κ3) is 4.92. The summed E-state index contributed by atoms with van der Waals surface area (Å²) in [6.07, 6.45) is 0. The smallest absolute Gasteiger partial charge is 0.269 e. The average Bonchev–Trinajstić information content (AvgIpc) is 2.72. The van der Waals surface area contributed by atoms with Gasteiger partial charge < -0.3 is 14.8 Å². The molecule has 144 valence electrons. The zero-order chi connectivity index (χ0) is 19.9. The van der Waals surface area contributed by atoms with Gasteiger partial charge in [0.25, 0.3) is 5.69 Å². The molecule has 28 heavy (non-hydrogen) atoms. The molecule has 0 heterocycles. The van der Waals surface area contributed by atoms with Gasteiger partial charge in [-0.3, -0.25) is 10.1 Å². The highest BCUT2D eigenvalue weighted by Crippen LogP contribution is 2.30. The standard InChI is InChI=1S/C21H19ClN2O4/c1-27-21-12-15(13-23-17-7-9-18(10-8-17)24(25)26)6-11-20(21)28-14-16-4-2-3-5-19(16)22/h2-12,23H,13-14H2,1H3. The number of hydrogen-bond donors (Lipinski definition) is 1. The Labute approximate surface area is 167 Å². The number of non-ortho nitro benzene ring substituents is 1. The Morgan fingerprint density at radius 1 is 1.04 bits per heavy atom. The van der Waals surface area contributed by atoms with E-state index in [4.69, 9.17) is 21.1 Å². The van der Waals surface area contributed by atoms with E-state index >= 15 is 0 Å². The molecule has 0 bridgehead atoms. The van der Waals surface area contributed by atoms with Crippen LogP contribution in [0.2, 0.25) is 5.02 Å². The highest BCUT2D eigenvalue weighted by atomic mass is 35.5. The lowest BCUT2D eigenvalue weighted by Crippen LogP contribution is -2.02. The number of nitro groups is 1. The highest BCUT2D eigenvalue weighted by molar-refractivity contribution is 6.31. The van der Waals surface area contributed by atoms with Gasteiger partial charge in [0.15, 0.2) is 11.5 Å². The van der Waals surface area contributed by atoms with Crippen LogP contribution in [0.15, 0.2) is 66.7 Å². The molecule has 0 aromatic heterocycles. The summed E-state index contributed by atoms with van der Waals surface area (Å²) in [7, 11) is 1.59. The third-order valence-electron chi connectivity index (χ3n) is 4.14. The molecule has 6 nitrogen and oxygen atoms in total. The molecule has 0 radical (unpaired) electrons. The zero-order valence-electron chi connectivity index (χ0n) is 15.2. The Morgan fingerprint density at radius 2 is 1.79 bits per heavy atom. The molecule has 3 aromatic carbocycles. The topological polar surface area (TPSA) is 73.6 Å². The van der Waals surface area contributed by atoms with Crippen molar-refractivity contribution in [1.82, 2.24) is 0 Å². The summed E-state index contributed by atoms with van der Waals surface area (Å²) in [4.78, 5) is 10.3. The van der Waals surface area contributed by atoms with Crippen LogP contribution >= 0.6 is 11.6 Å². The van der Waals surface area contributed by atoms with E-state index in [-0.39, 0.29) is 5.69 Å². The molecule has 0 unspecified atom stereocenters. The van der Waals surface area contributed by atoms with E-state index in [1.165, 1.54) is 12.1 Å². The van der Waals surface area contributed by atoms with Crippen LogP contribution in [0.5, 0.6) is 11.5 Å². The van der Waals surface area contributed by atoms with Crippen molar-refractivity contribution >= 4 is 23.0 Å². The number of ether oxygens (including phenoxy) is 2. The number of hydrogen-bond acceptors (Lipinski definition) is 5. The molecule has 0 aliphatic rings. The van der Waals surface area contributed by atoms with Crippen LogP contribution in [-0.4, -0.2) is 12.0 Å². The van der Waals surface area contributed by atoms with E-state index < -0.39 is 4.92 Å². The summed E-state index contributed by atoms with van der Waals surface area (Å²) in [6, 6.07) is 19.5. The van der Waals surface area contributed by atoms with Gasteiger partial charge in [-0.15, -0.1) is 0 Å². The van der Waals surface area contributed by atoms with Gasteiger partial charge in [0, 0.05) is 35.0 Å². The SMILES string of the molecule is COc1cc(CNc2ccc([N+](=O)[O-])cc2)ccc1OCc1ccccc1Cl. The third-order valence-corrected chi connectivity index (χ3v) is 4.51. The normalized spacial score (nSPS) is 10.4. The lowest BCUT2D eigenvalue weighted by molar-refractivity contribution is -0.384. The van der Waals surface area contributed by atoms with Gasteiger partial charge in [-0.2, -0.15) is 0 Å². The fourth-order valence-corrected chi connectivity index (χ4v) is 2.81. The molecule has 0 saturated heterocycles. The maximum absolute atomic E-state index is 10.7. The Morgan fingerprint density at radius 3 is 2.46 bits per heavy atom. The van der Waals surface area contributed by atoms with Crippen LogP contribution in [0.4, 0.5) is 11.4 Å². The highest BCUT2D eigenvalue weighted by Gasteiger charge is 2.08.